The van der Waals surface area contributed by atoms with Crippen molar-refractivity contribution in [2.75, 3.05) is 13.1 Å². The third-order valence-corrected chi connectivity index (χ3v) is 3.89. The molecule has 25 heavy (non-hydrogen) atoms. The Labute approximate surface area is 140 Å². The lowest BCUT2D eigenvalue weighted by Gasteiger charge is -2.37. The normalized spacial score (nSPS) is 14.4. The van der Waals surface area contributed by atoms with Crippen molar-refractivity contribution in [2.45, 2.75) is 5.92 Å². The van der Waals surface area contributed by atoms with E-state index in [1.165, 1.54) is 11.0 Å². The van der Waals surface area contributed by atoms with Crippen LogP contribution in [0.5, 0.6) is 0 Å². The van der Waals surface area contributed by atoms with Gasteiger partial charge in [0.25, 0.3) is 5.91 Å². The number of aromatic nitrogens is 4. The van der Waals surface area contributed by atoms with Gasteiger partial charge in [0.15, 0.2) is 11.6 Å². The summed E-state index contributed by atoms with van der Waals surface area (Å²) >= 11 is 0. The summed E-state index contributed by atoms with van der Waals surface area (Å²) in [6.07, 6.45) is 3.15. The quantitative estimate of drug-likeness (QED) is 0.723. The fraction of sp³-hybridized carbons (Fsp3) is 0.188. The van der Waals surface area contributed by atoms with Crippen molar-refractivity contribution in [3.8, 4) is 11.6 Å². The molecular weight excluding hydrogens is 332 g/mol. The number of rotatable bonds is 3. The number of carbonyl (C=O) groups excluding carboxylic acids is 1. The minimum absolute atomic E-state index is 0.0984. The Morgan fingerprint density at radius 2 is 1.88 bits per heavy atom. The fourth-order valence-corrected chi connectivity index (χ4v) is 2.52. The second kappa shape index (κ2) is 6.00. The Balaban J connectivity index is 1.43. The zero-order valence-corrected chi connectivity index (χ0v) is 12.8. The van der Waals surface area contributed by atoms with E-state index in [2.05, 4.69) is 20.1 Å². The van der Waals surface area contributed by atoms with Crippen LogP contribution >= 0.6 is 0 Å². The van der Waals surface area contributed by atoms with Gasteiger partial charge < -0.3 is 9.42 Å². The second-order valence-electron chi connectivity index (χ2n) is 5.56. The van der Waals surface area contributed by atoms with E-state index in [1.807, 2.05) is 0 Å². The molecule has 4 rings (SSSR count). The molecule has 0 unspecified atom stereocenters. The van der Waals surface area contributed by atoms with Gasteiger partial charge in [-0.15, -0.1) is 0 Å². The number of hydrogen-bond donors (Lipinski definition) is 0. The molecule has 1 aromatic carbocycles. The molecule has 0 aliphatic carbocycles. The zero-order valence-electron chi connectivity index (χ0n) is 12.8. The maximum absolute atomic E-state index is 13.2. The van der Waals surface area contributed by atoms with Gasteiger partial charge in [-0.3, -0.25) is 4.79 Å². The molecule has 0 radical (unpaired) electrons. The minimum Gasteiger partial charge on any atom is -0.338 e. The molecule has 0 spiro atoms. The van der Waals surface area contributed by atoms with E-state index in [0.717, 1.165) is 12.1 Å². The molecule has 126 valence electrons. The average molecular weight is 343 g/mol. The van der Waals surface area contributed by atoms with E-state index in [4.69, 9.17) is 4.52 Å². The van der Waals surface area contributed by atoms with Gasteiger partial charge in [-0.05, 0) is 24.3 Å². The molecule has 1 aliphatic rings. The predicted octanol–water partition coefficient (Wildman–Crippen LogP) is 2.04. The van der Waals surface area contributed by atoms with Crippen LogP contribution in [0, 0.1) is 11.6 Å². The number of halogens is 2. The fourth-order valence-electron chi connectivity index (χ4n) is 2.52. The van der Waals surface area contributed by atoms with Gasteiger partial charge in [0, 0.05) is 31.0 Å². The van der Waals surface area contributed by atoms with Crippen molar-refractivity contribution >= 4 is 5.91 Å². The molecule has 1 amide bonds. The van der Waals surface area contributed by atoms with Gasteiger partial charge in [0.1, 0.15) is 0 Å². The van der Waals surface area contributed by atoms with E-state index in [0.29, 0.717) is 24.8 Å². The smallest absolute Gasteiger partial charge is 0.254 e. The summed E-state index contributed by atoms with van der Waals surface area (Å²) in [4.78, 5) is 26.1. The molecule has 3 heterocycles. The first-order valence-electron chi connectivity index (χ1n) is 7.47. The van der Waals surface area contributed by atoms with Crippen molar-refractivity contribution < 1.29 is 18.1 Å². The summed E-state index contributed by atoms with van der Waals surface area (Å²) in [7, 11) is 0. The van der Waals surface area contributed by atoms with Crippen LogP contribution in [0.4, 0.5) is 8.78 Å². The number of hydrogen-bond acceptors (Lipinski definition) is 6. The molecule has 1 fully saturated rings. The molecule has 1 aliphatic heterocycles. The van der Waals surface area contributed by atoms with Gasteiger partial charge in [0.2, 0.25) is 17.5 Å². The average Bonchev–Trinajstić information content (AvgIpc) is 3.06. The van der Waals surface area contributed by atoms with E-state index < -0.39 is 11.6 Å². The van der Waals surface area contributed by atoms with Crippen LogP contribution in [0.3, 0.4) is 0 Å². The Bertz CT molecular complexity index is 925. The van der Waals surface area contributed by atoms with Gasteiger partial charge in [-0.1, -0.05) is 5.16 Å². The van der Waals surface area contributed by atoms with E-state index in [9.17, 15) is 13.6 Å². The lowest BCUT2D eigenvalue weighted by Crippen LogP contribution is -2.48. The summed E-state index contributed by atoms with van der Waals surface area (Å²) in [6, 6.07) is 4.76. The standard InChI is InChI=1S/C16H11F2N5O2/c17-11-3-2-9(6-12(11)18)16(24)23-7-10(8-23)15-21-14(22-25-15)13-19-4-1-5-20-13/h1-6,10H,7-8H2. The van der Waals surface area contributed by atoms with Crippen molar-refractivity contribution in [1.29, 1.82) is 0 Å². The summed E-state index contributed by atoms with van der Waals surface area (Å²) in [5, 5.41) is 3.83. The topological polar surface area (TPSA) is 85.0 Å². The molecule has 1 saturated heterocycles. The molecular formula is C16H11F2N5O2. The summed E-state index contributed by atoms with van der Waals surface area (Å²) in [6.45, 7) is 0.713. The highest BCUT2D eigenvalue weighted by atomic mass is 19.2. The van der Waals surface area contributed by atoms with Gasteiger partial charge >= 0.3 is 0 Å². The first-order valence-corrected chi connectivity index (χ1v) is 7.47. The van der Waals surface area contributed by atoms with Crippen molar-refractivity contribution in [1.82, 2.24) is 25.0 Å². The Morgan fingerprint density at radius 3 is 2.60 bits per heavy atom. The molecule has 2 aromatic heterocycles. The minimum atomic E-state index is -1.05. The lowest BCUT2D eigenvalue weighted by atomic mass is 9.98. The summed E-state index contributed by atoms with van der Waals surface area (Å²) in [5.74, 6) is -1.50. The van der Waals surface area contributed by atoms with Crippen LogP contribution in [0.25, 0.3) is 11.6 Å². The molecule has 0 bridgehead atoms. The molecule has 0 atom stereocenters. The van der Waals surface area contributed by atoms with Gasteiger partial charge in [0.05, 0.1) is 5.92 Å². The number of amides is 1. The number of carbonyl (C=O) groups is 1. The van der Waals surface area contributed by atoms with Crippen LogP contribution in [-0.4, -0.2) is 44.0 Å². The number of likely N-dealkylation sites (tertiary alicyclic amines) is 1. The van der Waals surface area contributed by atoms with Crippen molar-refractivity contribution in [3.05, 3.63) is 59.7 Å². The van der Waals surface area contributed by atoms with Crippen LogP contribution in [0.1, 0.15) is 22.2 Å². The van der Waals surface area contributed by atoms with Crippen LogP contribution in [0.2, 0.25) is 0 Å². The first-order chi connectivity index (χ1) is 12.1. The Hall–Kier alpha value is -3.23. The van der Waals surface area contributed by atoms with Crippen LogP contribution in [-0.2, 0) is 0 Å². The van der Waals surface area contributed by atoms with Gasteiger partial charge in [-0.2, -0.15) is 4.98 Å². The molecule has 9 heteroatoms. The Kier molecular flexibility index (Phi) is 3.68. The SMILES string of the molecule is O=C(c1ccc(F)c(F)c1)N1CC(c2nc(-c3ncccn3)no2)C1. The van der Waals surface area contributed by atoms with Crippen molar-refractivity contribution in [2.24, 2.45) is 0 Å². The van der Waals surface area contributed by atoms with E-state index in [-0.39, 0.29) is 23.2 Å². The maximum atomic E-state index is 13.2. The zero-order chi connectivity index (χ0) is 17.4. The second-order valence-corrected chi connectivity index (χ2v) is 5.56. The Morgan fingerprint density at radius 1 is 1.12 bits per heavy atom. The highest BCUT2D eigenvalue weighted by molar-refractivity contribution is 5.94. The number of nitrogens with zero attached hydrogens (tertiary/aromatic N) is 5. The van der Waals surface area contributed by atoms with Gasteiger partial charge in [-0.25, -0.2) is 18.7 Å². The maximum Gasteiger partial charge on any atom is 0.254 e. The molecule has 0 saturated carbocycles. The highest BCUT2D eigenvalue weighted by Crippen LogP contribution is 2.28. The van der Waals surface area contributed by atoms with Crippen molar-refractivity contribution in [3.63, 3.8) is 0 Å². The van der Waals surface area contributed by atoms with Crippen LogP contribution in [0.15, 0.2) is 41.2 Å². The molecule has 3 aromatic rings. The third-order valence-electron chi connectivity index (χ3n) is 3.89. The van der Waals surface area contributed by atoms with Crippen LogP contribution < -0.4 is 0 Å². The molecule has 0 N–H and O–H groups in total. The van der Waals surface area contributed by atoms with E-state index in [1.54, 1.807) is 18.5 Å². The summed E-state index contributed by atoms with van der Waals surface area (Å²) in [5.41, 5.74) is 0.0984. The first kappa shape index (κ1) is 15.3. The lowest BCUT2D eigenvalue weighted by molar-refractivity contribution is 0.0568. The highest BCUT2D eigenvalue weighted by Gasteiger charge is 2.36. The molecule has 7 nitrogen and oxygen atoms in total. The summed E-state index contributed by atoms with van der Waals surface area (Å²) < 4.78 is 31.4. The van der Waals surface area contributed by atoms with E-state index >= 15 is 0 Å². The monoisotopic (exact) mass is 343 g/mol. The predicted molar refractivity (Wildman–Crippen MR) is 80.3 cm³/mol. The third kappa shape index (κ3) is 2.84. The number of benzene rings is 1. The largest absolute Gasteiger partial charge is 0.338 e.